The topological polar surface area (TPSA) is 49.4 Å². The van der Waals surface area contributed by atoms with Gasteiger partial charge >= 0.3 is 0 Å². The second-order valence-corrected chi connectivity index (χ2v) is 9.56. The van der Waals surface area contributed by atoms with Crippen molar-refractivity contribution in [3.05, 3.63) is 100 Å². The van der Waals surface area contributed by atoms with E-state index in [4.69, 9.17) is 23.2 Å². The van der Waals surface area contributed by atoms with Crippen LogP contribution in [0.15, 0.2) is 83.8 Å². The third kappa shape index (κ3) is 7.81. The molecular weight excluding hydrogens is 475 g/mol. The van der Waals surface area contributed by atoms with Gasteiger partial charge in [0.25, 0.3) is 0 Å². The molecule has 0 saturated carbocycles. The van der Waals surface area contributed by atoms with Crippen molar-refractivity contribution in [2.45, 2.75) is 30.3 Å². The van der Waals surface area contributed by atoms with E-state index in [1.165, 1.54) is 0 Å². The van der Waals surface area contributed by atoms with Gasteiger partial charge in [-0.3, -0.25) is 9.59 Å². The fourth-order valence-corrected chi connectivity index (χ4v) is 4.53. The van der Waals surface area contributed by atoms with Gasteiger partial charge in [-0.2, -0.15) is 0 Å². The number of nitrogens with one attached hydrogen (secondary N) is 1. The van der Waals surface area contributed by atoms with Crippen LogP contribution in [-0.2, 0) is 22.6 Å². The zero-order chi connectivity index (χ0) is 23.6. The third-order valence-electron chi connectivity index (χ3n) is 5.18. The third-order valence-corrected chi connectivity index (χ3v) is 6.70. The quantitative estimate of drug-likeness (QED) is 0.354. The molecule has 0 aliphatic carbocycles. The second kappa shape index (κ2) is 12.7. The van der Waals surface area contributed by atoms with Gasteiger partial charge in [0.15, 0.2) is 0 Å². The smallest absolute Gasteiger partial charge is 0.242 e. The van der Waals surface area contributed by atoms with E-state index in [-0.39, 0.29) is 11.8 Å². The molecule has 0 spiro atoms. The van der Waals surface area contributed by atoms with Crippen LogP contribution in [0.1, 0.15) is 17.5 Å². The SMILES string of the molecule is CNC(=O)[C@H](Cc1ccccc1)N(Cc1ccc(Cl)cc1)C(=O)CCSc1ccc(Cl)cc1. The van der Waals surface area contributed by atoms with Crippen LogP contribution >= 0.6 is 35.0 Å². The number of nitrogens with zero attached hydrogens (tertiary/aromatic N) is 1. The van der Waals surface area contributed by atoms with Crippen molar-refractivity contribution in [2.75, 3.05) is 12.8 Å². The summed E-state index contributed by atoms with van der Waals surface area (Å²) < 4.78 is 0. The Balaban J connectivity index is 1.79. The number of carbonyl (C=O) groups excluding carboxylic acids is 2. The fraction of sp³-hybridized carbons (Fsp3) is 0.231. The molecule has 1 atom stereocenters. The molecule has 0 bridgehead atoms. The molecule has 3 aromatic carbocycles. The highest BCUT2D eigenvalue weighted by atomic mass is 35.5. The number of likely N-dealkylation sites (N-methyl/N-ethyl adjacent to an activating group) is 1. The van der Waals surface area contributed by atoms with Crippen LogP contribution in [0.3, 0.4) is 0 Å². The molecule has 0 saturated heterocycles. The molecule has 0 fully saturated rings. The largest absolute Gasteiger partial charge is 0.357 e. The summed E-state index contributed by atoms with van der Waals surface area (Å²) in [5, 5.41) is 4.04. The number of carbonyl (C=O) groups is 2. The molecule has 3 aromatic rings. The fourth-order valence-electron chi connectivity index (χ4n) is 3.44. The number of thioether (sulfide) groups is 1. The van der Waals surface area contributed by atoms with Crippen LogP contribution < -0.4 is 5.32 Å². The normalized spacial score (nSPS) is 11.6. The molecule has 3 rings (SSSR count). The lowest BCUT2D eigenvalue weighted by Crippen LogP contribution is -2.49. The monoisotopic (exact) mass is 500 g/mol. The minimum atomic E-state index is -0.624. The van der Waals surface area contributed by atoms with Gasteiger partial charge in [-0.05, 0) is 47.5 Å². The van der Waals surface area contributed by atoms with E-state index in [0.717, 1.165) is 16.0 Å². The molecule has 4 nitrogen and oxygen atoms in total. The molecule has 0 radical (unpaired) electrons. The Morgan fingerprint density at radius 2 is 1.48 bits per heavy atom. The first-order valence-electron chi connectivity index (χ1n) is 10.6. The van der Waals surface area contributed by atoms with Crippen LogP contribution in [0.25, 0.3) is 0 Å². The molecule has 2 amide bonds. The van der Waals surface area contributed by atoms with Crippen molar-refractivity contribution < 1.29 is 9.59 Å². The predicted octanol–water partition coefficient (Wildman–Crippen LogP) is 5.86. The molecule has 172 valence electrons. The highest BCUT2D eigenvalue weighted by Crippen LogP contribution is 2.23. The second-order valence-electron chi connectivity index (χ2n) is 7.52. The number of hydrogen-bond donors (Lipinski definition) is 1. The molecular formula is C26H26Cl2N2O2S. The van der Waals surface area contributed by atoms with Crippen molar-refractivity contribution in [1.29, 1.82) is 0 Å². The summed E-state index contributed by atoms with van der Waals surface area (Å²) in [6.07, 6.45) is 0.743. The van der Waals surface area contributed by atoms with Gasteiger partial charge in [0.2, 0.25) is 11.8 Å². The van der Waals surface area contributed by atoms with Gasteiger partial charge in [0.05, 0.1) is 0 Å². The van der Waals surface area contributed by atoms with Crippen molar-refractivity contribution in [2.24, 2.45) is 0 Å². The van der Waals surface area contributed by atoms with E-state index in [0.29, 0.717) is 35.2 Å². The highest BCUT2D eigenvalue weighted by Gasteiger charge is 2.29. The molecule has 1 N–H and O–H groups in total. The highest BCUT2D eigenvalue weighted by molar-refractivity contribution is 7.99. The van der Waals surface area contributed by atoms with Crippen molar-refractivity contribution >= 4 is 46.8 Å². The Hall–Kier alpha value is -2.47. The van der Waals surface area contributed by atoms with Crippen LogP contribution in [0.2, 0.25) is 10.0 Å². The van der Waals surface area contributed by atoms with E-state index in [9.17, 15) is 9.59 Å². The number of hydrogen-bond acceptors (Lipinski definition) is 3. The Bertz CT molecular complexity index is 1040. The van der Waals surface area contributed by atoms with Gasteiger partial charge in [-0.25, -0.2) is 0 Å². The maximum Gasteiger partial charge on any atom is 0.242 e. The van der Waals surface area contributed by atoms with Gasteiger partial charge in [-0.15, -0.1) is 11.8 Å². The Morgan fingerprint density at radius 1 is 0.879 bits per heavy atom. The minimum absolute atomic E-state index is 0.0732. The lowest BCUT2D eigenvalue weighted by molar-refractivity contribution is -0.140. The molecule has 7 heteroatoms. The maximum atomic E-state index is 13.4. The Morgan fingerprint density at radius 3 is 2.09 bits per heavy atom. The Kier molecular flexibility index (Phi) is 9.67. The molecule has 33 heavy (non-hydrogen) atoms. The first-order chi connectivity index (χ1) is 16.0. The van der Waals surface area contributed by atoms with Crippen LogP contribution in [-0.4, -0.2) is 35.6 Å². The van der Waals surface area contributed by atoms with Gasteiger partial charge < -0.3 is 10.2 Å². The lowest BCUT2D eigenvalue weighted by atomic mass is 10.0. The van der Waals surface area contributed by atoms with E-state index in [1.54, 1.807) is 35.8 Å². The minimum Gasteiger partial charge on any atom is -0.357 e. The van der Waals surface area contributed by atoms with E-state index in [1.807, 2.05) is 66.7 Å². The lowest BCUT2D eigenvalue weighted by Gasteiger charge is -2.31. The zero-order valence-corrected chi connectivity index (χ0v) is 20.7. The molecule has 0 aromatic heterocycles. The van der Waals surface area contributed by atoms with E-state index in [2.05, 4.69) is 5.32 Å². The number of amides is 2. The summed E-state index contributed by atoms with van der Waals surface area (Å²) in [5.41, 5.74) is 1.91. The molecule has 0 aliphatic rings. The summed E-state index contributed by atoms with van der Waals surface area (Å²) in [5.74, 6) is 0.339. The number of halogens is 2. The molecule has 0 unspecified atom stereocenters. The Labute approximate surface area is 209 Å². The zero-order valence-electron chi connectivity index (χ0n) is 18.3. The predicted molar refractivity (Wildman–Crippen MR) is 137 cm³/mol. The molecule has 0 aliphatic heterocycles. The van der Waals surface area contributed by atoms with Crippen LogP contribution in [0, 0.1) is 0 Å². The first-order valence-corrected chi connectivity index (χ1v) is 12.4. The average molecular weight is 501 g/mol. The van der Waals surface area contributed by atoms with E-state index >= 15 is 0 Å². The summed E-state index contributed by atoms with van der Waals surface area (Å²) in [7, 11) is 1.60. The summed E-state index contributed by atoms with van der Waals surface area (Å²) >= 11 is 13.6. The van der Waals surface area contributed by atoms with E-state index < -0.39 is 6.04 Å². The van der Waals surface area contributed by atoms with Crippen LogP contribution in [0.4, 0.5) is 0 Å². The molecule has 0 heterocycles. The standard InChI is InChI=1S/C26H26Cl2N2O2S/c1-29-26(32)24(17-19-5-3-2-4-6-19)30(18-20-7-9-21(27)10-8-20)25(31)15-16-33-23-13-11-22(28)12-14-23/h2-14,24H,15-18H2,1H3,(H,29,32)/t24-/m0/s1. The summed E-state index contributed by atoms with van der Waals surface area (Å²) in [6.45, 7) is 0.326. The van der Waals surface area contributed by atoms with Crippen molar-refractivity contribution in [3.8, 4) is 0 Å². The first kappa shape index (κ1) is 25.2. The van der Waals surface area contributed by atoms with Gasteiger partial charge in [0, 0.05) is 47.1 Å². The van der Waals surface area contributed by atoms with Crippen molar-refractivity contribution in [1.82, 2.24) is 10.2 Å². The average Bonchev–Trinajstić information content (AvgIpc) is 2.83. The maximum absolute atomic E-state index is 13.4. The van der Waals surface area contributed by atoms with Gasteiger partial charge in [-0.1, -0.05) is 65.7 Å². The number of benzene rings is 3. The summed E-state index contributed by atoms with van der Waals surface area (Å²) in [6, 6.07) is 24.0. The summed E-state index contributed by atoms with van der Waals surface area (Å²) in [4.78, 5) is 29.0. The number of rotatable bonds is 10. The van der Waals surface area contributed by atoms with Gasteiger partial charge in [0.1, 0.15) is 6.04 Å². The van der Waals surface area contributed by atoms with Crippen LogP contribution in [0.5, 0.6) is 0 Å². The van der Waals surface area contributed by atoms with Crippen molar-refractivity contribution in [3.63, 3.8) is 0 Å².